The van der Waals surface area contributed by atoms with E-state index in [9.17, 15) is 9.90 Å². The predicted molar refractivity (Wildman–Crippen MR) is 99.7 cm³/mol. The van der Waals surface area contributed by atoms with E-state index in [2.05, 4.69) is 6.92 Å². The lowest BCUT2D eigenvalue weighted by Gasteiger charge is -2.33. The van der Waals surface area contributed by atoms with E-state index >= 15 is 0 Å². The van der Waals surface area contributed by atoms with Crippen LogP contribution in [0.3, 0.4) is 0 Å². The van der Waals surface area contributed by atoms with Crippen LogP contribution in [-0.4, -0.2) is 17.2 Å². The minimum atomic E-state index is -1.17. The molecule has 1 heterocycles. The summed E-state index contributed by atoms with van der Waals surface area (Å²) in [5.41, 5.74) is 8.94. The summed E-state index contributed by atoms with van der Waals surface area (Å²) in [6, 6.07) is 3.95. The fourth-order valence-electron chi connectivity index (χ4n) is 3.80. The van der Waals surface area contributed by atoms with Gasteiger partial charge in [-0.25, -0.2) is 0 Å². The quantitative estimate of drug-likeness (QED) is 0.831. The Morgan fingerprint density at radius 2 is 1.40 bits per heavy atom. The van der Waals surface area contributed by atoms with Gasteiger partial charge < -0.3 is 9.84 Å². The third-order valence-corrected chi connectivity index (χ3v) is 6.12. The molecule has 0 radical (unpaired) electrons. The summed E-state index contributed by atoms with van der Waals surface area (Å²) in [5, 5.41) is 10.7. The molecule has 0 bridgehead atoms. The van der Waals surface area contributed by atoms with Crippen LogP contribution in [0.15, 0.2) is 12.1 Å². The lowest BCUT2D eigenvalue weighted by Crippen LogP contribution is -2.37. The molecule has 2 aromatic carbocycles. The summed E-state index contributed by atoms with van der Waals surface area (Å²) >= 11 is 0. The Bertz CT molecular complexity index is 893. The number of rotatable bonds is 1. The van der Waals surface area contributed by atoms with E-state index in [0.29, 0.717) is 11.3 Å². The zero-order valence-corrected chi connectivity index (χ0v) is 16.1. The molecule has 2 aromatic rings. The highest BCUT2D eigenvalue weighted by Crippen LogP contribution is 2.42. The zero-order valence-electron chi connectivity index (χ0n) is 16.1. The summed E-state index contributed by atoms with van der Waals surface area (Å²) in [5.74, 6) is -0.202. The maximum absolute atomic E-state index is 13.4. The molecule has 0 aromatic heterocycles. The first-order chi connectivity index (χ1) is 11.7. The highest BCUT2D eigenvalue weighted by molar-refractivity contribution is 6.06. The number of carbonyl (C=O) groups excluding carboxylic acids is 1. The van der Waals surface area contributed by atoms with Crippen LogP contribution in [-0.2, 0) is 0 Å². The van der Waals surface area contributed by atoms with Crippen LogP contribution in [0.1, 0.15) is 60.8 Å². The largest absolute Gasteiger partial charge is 0.463 e. The van der Waals surface area contributed by atoms with Gasteiger partial charge in [0.05, 0.1) is 5.56 Å². The van der Waals surface area contributed by atoms with Crippen LogP contribution >= 0.6 is 0 Å². The van der Waals surface area contributed by atoms with Crippen LogP contribution in [0, 0.1) is 48.5 Å². The van der Waals surface area contributed by atoms with Crippen LogP contribution in [0.25, 0.3) is 0 Å². The molecule has 3 nitrogen and oxygen atoms in total. The minimum Gasteiger partial charge on any atom is -0.463 e. The average molecular weight is 338 g/mol. The van der Waals surface area contributed by atoms with Crippen molar-refractivity contribution in [3.63, 3.8) is 0 Å². The third kappa shape index (κ3) is 2.49. The van der Waals surface area contributed by atoms with Crippen LogP contribution < -0.4 is 4.74 Å². The number of fused-ring (bicyclic) bond motifs is 1. The normalized spacial score (nSPS) is 19.6. The van der Waals surface area contributed by atoms with Gasteiger partial charge in [0.1, 0.15) is 11.7 Å². The molecular formula is C22H26O3. The van der Waals surface area contributed by atoms with E-state index in [4.69, 9.17) is 4.74 Å². The highest BCUT2D eigenvalue weighted by Gasteiger charge is 2.40. The molecule has 0 fully saturated rings. The average Bonchev–Trinajstić information content (AvgIpc) is 2.57. The van der Waals surface area contributed by atoms with Crippen molar-refractivity contribution in [3.8, 4) is 5.75 Å². The van der Waals surface area contributed by atoms with E-state index in [0.717, 1.165) is 38.9 Å². The predicted octanol–water partition coefficient (Wildman–Crippen LogP) is 4.52. The number of ether oxygens (including phenoxy) is 1. The number of ketones is 1. The van der Waals surface area contributed by atoms with E-state index in [1.165, 1.54) is 5.56 Å². The molecule has 132 valence electrons. The topological polar surface area (TPSA) is 46.5 Å². The van der Waals surface area contributed by atoms with Crippen molar-refractivity contribution in [3.05, 3.63) is 62.2 Å². The van der Waals surface area contributed by atoms with E-state index in [1.54, 1.807) is 0 Å². The standard InChI is InChI=1S/C22H26O3/c1-10-8-9-17(14(5)11(10)2)19-20(23)18-15(6)12(3)13(4)16(7)21(18)25-22(19)24/h8-9,19,22,24H,1-7H3. The number of benzene rings is 2. The number of aliphatic hydroxyl groups excluding tert-OH is 1. The van der Waals surface area contributed by atoms with Crippen LogP contribution in [0.2, 0.25) is 0 Å². The first-order valence-corrected chi connectivity index (χ1v) is 8.72. The summed E-state index contributed by atoms with van der Waals surface area (Å²) in [6.45, 7) is 14.1. The second kappa shape index (κ2) is 5.99. The molecule has 0 aliphatic carbocycles. The Balaban J connectivity index is 2.23. The van der Waals surface area contributed by atoms with Gasteiger partial charge in [0.25, 0.3) is 0 Å². The lowest BCUT2D eigenvalue weighted by molar-refractivity contribution is -0.0393. The summed E-state index contributed by atoms with van der Waals surface area (Å²) in [7, 11) is 0. The number of aryl methyl sites for hydroxylation is 1. The maximum Gasteiger partial charge on any atom is 0.211 e. The lowest BCUT2D eigenvalue weighted by atomic mass is 9.80. The summed E-state index contributed by atoms with van der Waals surface area (Å²) < 4.78 is 5.88. The number of hydrogen-bond donors (Lipinski definition) is 1. The van der Waals surface area contributed by atoms with Crippen molar-refractivity contribution >= 4 is 5.78 Å². The van der Waals surface area contributed by atoms with Gasteiger partial charge in [-0.3, -0.25) is 4.79 Å². The third-order valence-electron chi connectivity index (χ3n) is 6.12. The van der Waals surface area contributed by atoms with Gasteiger partial charge in [-0.05, 0) is 93.0 Å². The van der Waals surface area contributed by atoms with Crippen molar-refractivity contribution in [2.24, 2.45) is 0 Å². The van der Waals surface area contributed by atoms with E-state index in [1.807, 2.05) is 53.7 Å². The molecule has 0 saturated carbocycles. The van der Waals surface area contributed by atoms with E-state index < -0.39 is 12.2 Å². The number of carbonyl (C=O) groups is 1. The molecule has 2 atom stereocenters. The summed E-state index contributed by atoms with van der Waals surface area (Å²) in [6.07, 6.45) is -1.17. The second-order valence-corrected chi connectivity index (χ2v) is 7.28. The molecule has 3 rings (SSSR count). The molecule has 1 aliphatic rings. The monoisotopic (exact) mass is 338 g/mol. The maximum atomic E-state index is 13.4. The number of aliphatic hydroxyl groups is 1. The molecule has 1 N–H and O–H groups in total. The van der Waals surface area contributed by atoms with Crippen LogP contribution in [0.5, 0.6) is 5.75 Å². The first kappa shape index (κ1) is 17.7. The fourth-order valence-corrected chi connectivity index (χ4v) is 3.80. The van der Waals surface area contributed by atoms with Gasteiger partial charge >= 0.3 is 0 Å². The van der Waals surface area contributed by atoms with Crippen molar-refractivity contribution in [2.75, 3.05) is 0 Å². The van der Waals surface area contributed by atoms with Gasteiger partial charge in [-0.2, -0.15) is 0 Å². The minimum absolute atomic E-state index is 0.0520. The molecule has 0 amide bonds. The molecule has 1 aliphatic heterocycles. The molecule has 0 saturated heterocycles. The van der Waals surface area contributed by atoms with Gasteiger partial charge in [-0.15, -0.1) is 0 Å². The smallest absolute Gasteiger partial charge is 0.211 e. The van der Waals surface area contributed by atoms with Gasteiger partial charge in [0.15, 0.2) is 5.78 Å². The summed E-state index contributed by atoms with van der Waals surface area (Å²) in [4.78, 5) is 13.4. The molecular weight excluding hydrogens is 312 g/mol. The highest BCUT2D eigenvalue weighted by atomic mass is 16.6. The SMILES string of the molecule is Cc1ccc(C2C(=O)c3c(C)c(C)c(C)c(C)c3OC2O)c(C)c1C. The Morgan fingerprint density at radius 1 is 0.800 bits per heavy atom. The zero-order chi connectivity index (χ0) is 18.6. The Labute approximate surface area is 149 Å². The first-order valence-electron chi connectivity index (χ1n) is 8.72. The second-order valence-electron chi connectivity index (χ2n) is 7.28. The van der Waals surface area contributed by atoms with Gasteiger partial charge in [-0.1, -0.05) is 12.1 Å². The Hall–Kier alpha value is -2.13. The molecule has 3 heteroatoms. The molecule has 2 unspecified atom stereocenters. The number of Topliss-reactive ketones (excluding diaryl/α,β-unsaturated/α-hetero) is 1. The van der Waals surface area contributed by atoms with Gasteiger partial charge in [0.2, 0.25) is 6.29 Å². The Kier molecular flexibility index (Phi) is 4.24. The van der Waals surface area contributed by atoms with Crippen molar-refractivity contribution in [1.29, 1.82) is 0 Å². The molecule has 0 spiro atoms. The van der Waals surface area contributed by atoms with Crippen molar-refractivity contribution < 1.29 is 14.6 Å². The van der Waals surface area contributed by atoms with Gasteiger partial charge in [0, 0.05) is 0 Å². The molecule has 25 heavy (non-hydrogen) atoms. The van der Waals surface area contributed by atoms with Crippen LogP contribution in [0.4, 0.5) is 0 Å². The van der Waals surface area contributed by atoms with Crippen molar-refractivity contribution in [1.82, 2.24) is 0 Å². The van der Waals surface area contributed by atoms with E-state index in [-0.39, 0.29) is 5.78 Å². The number of hydrogen-bond acceptors (Lipinski definition) is 3. The van der Waals surface area contributed by atoms with Crippen molar-refractivity contribution in [2.45, 2.75) is 60.7 Å². The fraction of sp³-hybridized carbons (Fsp3) is 0.409. The Morgan fingerprint density at radius 3 is 2.04 bits per heavy atom.